The highest BCUT2D eigenvalue weighted by Crippen LogP contribution is 2.46. The van der Waals surface area contributed by atoms with Gasteiger partial charge in [0.25, 0.3) is 0 Å². The molecule has 0 fully saturated rings. The van der Waals surface area contributed by atoms with Crippen LogP contribution in [-0.4, -0.2) is 16.9 Å². The molecule has 2 rings (SSSR count). The molecule has 0 aromatic carbocycles. The van der Waals surface area contributed by atoms with Gasteiger partial charge in [0.15, 0.2) is 5.60 Å². The fourth-order valence-corrected chi connectivity index (χ4v) is 5.14. The maximum Gasteiger partial charge on any atom is 0.303 e. The predicted octanol–water partition coefficient (Wildman–Crippen LogP) is 3.91. The Bertz CT molecular complexity index is 749. The van der Waals surface area contributed by atoms with Crippen LogP contribution in [0.25, 0.3) is 0 Å². The first-order chi connectivity index (χ1) is 11.0. The molecule has 0 bridgehead atoms. The Morgan fingerprint density at radius 1 is 1.38 bits per heavy atom. The van der Waals surface area contributed by atoms with E-state index in [1.807, 2.05) is 20.8 Å². The van der Waals surface area contributed by atoms with E-state index in [2.05, 4.69) is 36.8 Å². The fraction of sp³-hybridized carbons (Fsp3) is 0.438. The smallest absolute Gasteiger partial charge is 0.303 e. The van der Waals surface area contributed by atoms with Crippen molar-refractivity contribution in [3.05, 3.63) is 37.2 Å². The summed E-state index contributed by atoms with van der Waals surface area (Å²) in [4.78, 5) is 28.5. The van der Waals surface area contributed by atoms with Crippen LogP contribution in [0.4, 0.5) is 0 Å². The van der Waals surface area contributed by atoms with Gasteiger partial charge in [-0.05, 0) is 28.1 Å². The zero-order chi connectivity index (χ0) is 18.3. The van der Waals surface area contributed by atoms with Crippen molar-refractivity contribution in [2.75, 3.05) is 0 Å². The molecule has 5 nitrogen and oxygen atoms in total. The summed E-state index contributed by atoms with van der Waals surface area (Å²) in [7, 11) is 0. The van der Waals surface area contributed by atoms with Gasteiger partial charge in [-0.1, -0.05) is 42.8 Å². The van der Waals surface area contributed by atoms with E-state index in [1.54, 1.807) is 18.2 Å². The van der Waals surface area contributed by atoms with Crippen molar-refractivity contribution >= 4 is 55.1 Å². The highest BCUT2D eigenvalue weighted by atomic mass is 79.9. The minimum atomic E-state index is -1.34. The standard InChI is InChI=1S/C16H18Br2N2O3S/c1-8(21)23-16(6-5-9(17)7-10(16)13(19)22)14-20-11(12(18)24-14)15(2,3)4/h5-7,10H,1-4H3,(H2,19,22). The minimum absolute atomic E-state index is 0.206. The number of esters is 1. The molecule has 1 aliphatic carbocycles. The van der Waals surface area contributed by atoms with Crippen LogP contribution in [0.2, 0.25) is 0 Å². The van der Waals surface area contributed by atoms with E-state index < -0.39 is 23.4 Å². The molecule has 1 amide bonds. The summed E-state index contributed by atoms with van der Waals surface area (Å²) in [6.45, 7) is 7.41. The van der Waals surface area contributed by atoms with Crippen molar-refractivity contribution in [1.82, 2.24) is 4.98 Å². The molecule has 0 aliphatic heterocycles. The molecule has 0 spiro atoms. The van der Waals surface area contributed by atoms with Crippen LogP contribution in [0.3, 0.4) is 0 Å². The first-order valence-electron chi connectivity index (χ1n) is 7.20. The number of ether oxygens (including phenoxy) is 1. The number of hydrogen-bond donors (Lipinski definition) is 1. The van der Waals surface area contributed by atoms with Gasteiger partial charge >= 0.3 is 5.97 Å². The molecule has 1 heterocycles. The zero-order valence-electron chi connectivity index (χ0n) is 13.7. The van der Waals surface area contributed by atoms with E-state index in [4.69, 9.17) is 10.5 Å². The summed E-state index contributed by atoms with van der Waals surface area (Å²) in [5, 5.41) is 0.505. The molecule has 2 N–H and O–H groups in total. The third kappa shape index (κ3) is 3.65. The van der Waals surface area contributed by atoms with Gasteiger partial charge in [0, 0.05) is 16.8 Å². The lowest BCUT2D eigenvalue weighted by Crippen LogP contribution is -2.45. The summed E-state index contributed by atoms with van der Waals surface area (Å²) in [6, 6.07) is 0. The highest BCUT2D eigenvalue weighted by molar-refractivity contribution is 9.12. The van der Waals surface area contributed by atoms with E-state index in [-0.39, 0.29) is 5.41 Å². The third-order valence-corrected chi connectivity index (χ3v) is 5.89. The molecule has 1 aromatic rings. The molecular formula is C16H18Br2N2O3S. The van der Waals surface area contributed by atoms with Crippen LogP contribution in [-0.2, 0) is 25.3 Å². The second kappa shape index (κ2) is 6.72. The van der Waals surface area contributed by atoms with Crippen LogP contribution in [0, 0.1) is 5.92 Å². The van der Waals surface area contributed by atoms with Crippen LogP contribution < -0.4 is 5.73 Å². The second-order valence-electron chi connectivity index (χ2n) is 6.54. The van der Waals surface area contributed by atoms with Crippen LogP contribution in [0.5, 0.6) is 0 Å². The third-order valence-electron chi connectivity index (χ3n) is 3.53. The van der Waals surface area contributed by atoms with Gasteiger partial charge in [-0.15, -0.1) is 11.3 Å². The fourth-order valence-electron chi connectivity index (χ4n) is 2.45. The Morgan fingerprint density at radius 2 is 2.00 bits per heavy atom. The Labute approximate surface area is 161 Å². The molecule has 0 saturated carbocycles. The summed E-state index contributed by atoms with van der Waals surface area (Å²) < 4.78 is 7.13. The first-order valence-corrected chi connectivity index (χ1v) is 9.60. The van der Waals surface area contributed by atoms with Crippen molar-refractivity contribution in [2.45, 2.75) is 38.7 Å². The normalized spacial score (nSPS) is 23.8. The quantitative estimate of drug-likeness (QED) is 0.669. The Balaban J connectivity index is 2.68. The molecule has 1 aromatic heterocycles. The van der Waals surface area contributed by atoms with Crippen molar-refractivity contribution in [3.63, 3.8) is 0 Å². The van der Waals surface area contributed by atoms with Crippen molar-refractivity contribution < 1.29 is 14.3 Å². The van der Waals surface area contributed by atoms with E-state index >= 15 is 0 Å². The minimum Gasteiger partial charge on any atom is -0.446 e. The van der Waals surface area contributed by atoms with Gasteiger partial charge < -0.3 is 10.5 Å². The summed E-state index contributed by atoms with van der Waals surface area (Å²) >= 11 is 8.20. The molecular weight excluding hydrogens is 460 g/mol. The van der Waals surface area contributed by atoms with Gasteiger partial charge in [-0.25, -0.2) is 4.98 Å². The van der Waals surface area contributed by atoms with Gasteiger partial charge in [0.2, 0.25) is 5.91 Å². The lowest BCUT2D eigenvalue weighted by molar-refractivity contribution is -0.159. The first kappa shape index (κ1) is 19.3. The number of nitrogens with two attached hydrogens (primary N) is 1. The number of carbonyl (C=O) groups excluding carboxylic acids is 2. The number of aromatic nitrogens is 1. The molecule has 1 aliphatic rings. The Kier molecular flexibility index (Phi) is 5.42. The molecule has 2 atom stereocenters. The molecule has 2 unspecified atom stereocenters. The second-order valence-corrected chi connectivity index (χ2v) is 9.78. The largest absolute Gasteiger partial charge is 0.446 e. The zero-order valence-corrected chi connectivity index (χ0v) is 17.7. The van der Waals surface area contributed by atoms with Crippen LogP contribution >= 0.6 is 43.2 Å². The topological polar surface area (TPSA) is 82.3 Å². The van der Waals surface area contributed by atoms with E-state index in [1.165, 1.54) is 18.3 Å². The SMILES string of the molecule is CC(=O)OC1(c2nc(C(C)(C)C)c(Br)s2)C=CC(Br)=CC1C(N)=O. The number of primary amides is 1. The lowest BCUT2D eigenvalue weighted by Gasteiger charge is -2.34. The van der Waals surface area contributed by atoms with Gasteiger partial charge in [-0.2, -0.15) is 0 Å². The van der Waals surface area contributed by atoms with Gasteiger partial charge in [0.05, 0.1) is 9.48 Å². The Hall–Kier alpha value is -0.990. The molecule has 24 heavy (non-hydrogen) atoms. The monoisotopic (exact) mass is 476 g/mol. The molecule has 0 saturated heterocycles. The molecule has 130 valence electrons. The lowest BCUT2D eigenvalue weighted by atomic mass is 9.83. The number of hydrogen-bond acceptors (Lipinski definition) is 5. The number of allylic oxidation sites excluding steroid dienone is 2. The number of halogens is 2. The Morgan fingerprint density at radius 3 is 2.46 bits per heavy atom. The van der Waals surface area contributed by atoms with Crippen LogP contribution in [0.15, 0.2) is 26.5 Å². The van der Waals surface area contributed by atoms with Crippen molar-refractivity contribution in [1.29, 1.82) is 0 Å². The van der Waals surface area contributed by atoms with E-state index in [0.717, 1.165) is 9.48 Å². The summed E-state index contributed by atoms with van der Waals surface area (Å²) in [6.07, 6.45) is 5.03. The molecule has 0 radical (unpaired) electrons. The maximum absolute atomic E-state index is 12.1. The highest BCUT2D eigenvalue weighted by Gasteiger charge is 2.48. The number of carbonyl (C=O) groups is 2. The molecule has 8 heteroatoms. The maximum atomic E-state index is 12.1. The van der Waals surface area contributed by atoms with E-state index in [9.17, 15) is 9.59 Å². The van der Waals surface area contributed by atoms with Crippen molar-refractivity contribution in [2.24, 2.45) is 11.7 Å². The average molecular weight is 478 g/mol. The number of amides is 1. The number of nitrogens with zero attached hydrogens (tertiary/aromatic N) is 1. The summed E-state index contributed by atoms with van der Waals surface area (Å²) in [5.41, 5.74) is 4.87. The number of thiazole rings is 1. The van der Waals surface area contributed by atoms with Crippen molar-refractivity contribution in [3.8, 4) is 0 Å². The van der Waals surface area contributed by atoms with Crippen LogP contribution in [0.1, 0.15) is 38.4 Å². The number of rotatable bonds is 3. The van der Waals surface area contributed by atoms with Gasteiger partial charge in [0.1, 0.15) is 10.9 Å². The predicted molar refractivity (Wildman–Crippen MR) is 101 cm³/mol. The van der Waals surface area contributed by atoms with E-state index in [0.29, 0.717) is 9.49 Å². The van der Waals surface area contributed by atoms with Gasteiger partial charge in [-0.3, -0.25) is 9.59 Å². The average Bonchev–Trinajstić information content (AvgIpc) is 2.82. The summed E-state index contributed by atoms with van der Waals surface area (Å²) in [5.74, 6) is -1.96.